The molecule has 6 heteroatoms. The number of carbonyl (C=O) groups excluding carboxylic acids is 1. The van der Waals surface area contributed by atoms with Crippen LogP contribution < -0.4 is 5.32 Å². The molecule has 0 bridgehead atoms. The Morgan fingerprint density at radius 1 is 1.33 bits per heavy atom. The Balaban J connectivity index is 1.73. The van der Waals surface area contributed by atoms with Gasteiger partial charge < -0.3 is 20.4 Å². The van der Waals surface area contributed by atoms with Crippen molar-refractivity contribution in [3.63, 3.8) is 0 Å². The molecular formula is C12H20N2O4. The molecule has 3 N–H and O–H groups in total. The van der Waals surface area contributed by atoms with Crippen LogP contribution in [-0.4, -0.2) is 52.3 Å². The third-order valence-corrected chi connectivity index (χ3v) is 3.59. The maximum atomic E-state index is 11.8. The number of hydrogen-bond donors (Lipinski definition) is 3. The van der Waals surface area contributed by atoms with E-state index in [1.54, 1.807) is 0 Å². The highest BCUT2D eigenvalue weighted by Crippen LogP contribution is 2.33. The lowest BCUT2D eigenvalue weighted by atomic mass is 10.2. The van der Waals surface area contributed by atoms with E-state index >= 15 is 0 Å². The first-order valence-electron chi connectivity index (χ1n) is 6.53. The zero-order chi connectivity index (χ0) is 13.1. The number of nitrogens with zero attached hydrogens (tertiary/aromatic N) is 1. The molecule has 2 rings (SSSR count). The van der Waals surface area contributed by atoms with E-state index in [0.717, 1.165) is 18.8 Å². The number of carboxylic acid groups (broad SMARTS) is 1. The van der Waals surface area contributed by atoms with Gasteiger partial charge in [0.05, 0.1) is 6.10 Å². The summed E-state index contributed by atoms with van der Waals surface area (Å²) in [6, 6.07) is -1.28. The SMILES string of the molecule is O=C(O)[C@H]1C[C@@H](O)CN1C(=O)NCCCC1CC1. The van der Waals surface area contributed by atoms with Crippen LogP contribution in [0.2, 0.25) is 0 Å². The fraction of sp³-hybridized carbons (Fsp3) is 0.833. The number of aliphatic carboxylic acids is 1. The normalized spacial score (nSPS) is 27.3. The summed E-state index contributed by atoms with van der Waals surface area (Å²) < 4.78 is 0. The number of aliphatic hydroxyl groups excluding tert-OH is 1. The van der Waals surface area contributed by atoms with Gasteiger partial charge in [0.1, 0.15) is 6.04 Å². The number of aliphatic hydroxyl groups is 1. The summed E-state index contributed by atoms with van der Waals surface area (Å²) in [4.78, 5) is 24.0. The van der Waals surface area contributed by atoms with E-state index in [4.69, 9.17) is 5.11 Å². The summed E-state index contributed by atoms with van der Waals surface area (Å²) in [5.74, 6) is -0.220. The van der Waals surface area contributed by atoms with Crippen molar-refractivity contribution in [2.45, 2.75) is 44.2 Å². The van der Waals surface area contributed by atoms with Crippen molar-refractivity contribution in [1.82, 2.24) is 10.2 Å². The van der Waals surface area contributed by atoms with Gasteiger partial charge in [-0.05, 0) is 18.8 Å². The van der Waals surface area contributed by atoms with Gasteiger partial charge >= 0.3 is 12.0 Å². The minimum atomic E-state index is -1.06. The van der Waals surface area contributed by atoms with Gasteiger partial charge in [0.2, 0.25) is 0 Å². The first kappa shape index (κ1) is 13.1. The summed E-state index contributed by atoms with van der Waals surface area (Å²) >= 11 is 0. The first-order valence-corrected chi connectivity index (χ1v) is 6.53. The Kier molecular flexibility index (Phi) is 4.06. The molecule has 2 aliphatic rings. The van der Waals surface area contributed by atoms with E-state index in [2.05, 4.69) is 5.32 Å². The number of hydrogen-bond acceptors (Lipinski definition) is 3. The highest BCUT2D eigenvalue weighted by molar-refractivity contribution is 5.83. The molecule has 18 heavy (non-hydrogen) atoms. The number of likely N-dealkylation sites (tertiary alicyclic amines) is 1. The van der Waals surface area contributed by atoms with Crippen LogP contribution in [0.4, 0.5) is 4.79 Å². The average Bonchev–Trinajstić information content (AvgIpc) is 3.05. The summed E-state index contributed by atoms with van der Waals surface area (Å²) in [6.45, 7) is 0.680. The van der Waals surface area contributed by atoms with Crippen LogP contribution in [0.3, 0.4) is 0 Å². The van der Waals surface area contributed by atoms with Gasteiger partial charge in [-0.15, -0.1) is 0 Å². The van der Waals surface area contributed by atoms with Crippen LogP contribution in [0.5, 0.6) is 0 Å². The Bertz CT molecular complexity index is 330. The van der Waals surface area contributed by atoms with E-state index in [9.17, 15) is 14.7 Å². The smallest absolute Gasteiger partial charge is 0.326 e. The lowest BCUT2D eigenvalue weighted by Gasteiger charge is -2.21. The fourth-order valence-electron chi connectivity index (χ4n) is 2.37. The molecule has 1 aliphatic carbocycles. The number of carboxylic acids is 1. The number of nitrogens with one attached hydrogen (secondary N) is 1. The summed E-state index contributed by atoms with van der Waals surface area (Å²) in [5, 5.41) is 21.1. The third kappa shape index (κ3) is 3.35. The predicted molar refractivity (Wildman–Crippen MR) is 64.1 cm³/mol. The summed E-state index contributed by atoms with van der Waals surface area (Å²) in [7, 11) is 0. The van der Waals surface area contributed by atoms with Crippen LogP contribution in [0.1, 0.15) is 32.1 Å². The first-order chi connectivity index (χ1) is 8.58. The molecule has 0 unspecified atom stereocenters. The van der Waals surface area contributed by atoms with Gasteiger partial charge in [-0.2, -0.15) is 0 Å². The molecule has 6 nitrogen and oxygen atoms in total. The minimum Gasteiger partial charge on any atom is -0.480 e. The van der Waals surface area contributed by atoms with Crippen molar-refractivity contribution in [2.24, 2.45) is 5.92 Å². The molecule has 0 aromatic heterocycles. The van der Waals surface area contributed by atoms with Crippen molar-refractivity contribution >= 4 is 12.0 Å². The van der Waals surface area contributed by atoms with Crippen molar-refractivity contribution in [1.29, 1.82) is 0 Å². The monoisotopic (exact) mass is 256 g/mol. The third-order valence-electron chi connectivity index (χ3n) is 3.59. The van der Waals surface area contributed by atoms with Gasteiger partial charge in [-0.3, -0.25) is 0 Å². The van der Waals surface area contributed by atoms with Crippen molar-refractivity contribution in [3.8, 4) is 0 Å². The molecule has 0 aromatic carbocycles. The van der Waals surface area contributed by atoms with E-state index in [1.807, 2.05) is 0 Å². The predicted octanol–water partition coefficient (Wildman–Crippen LogP) is 0.406. The van der Waals surface area contributed by atoms with E-state index in [0.29, 0.717) is 6.54 Å². The second kappa shape index (κ2) is 5.56. The van der Waals surface area contributed by atoms with Crippen LogP contribution in [0.15, 0.2) is 0 Å². The quantitative estimate of drug-likeness (QED) is 0.621. The molecule has 2 atom stereocenters. The number of urea groups is 1. The Morgan fingerprint density at radius 3 is 2.67 bits per heavy atom. The second-order valence-electron chi connectivity index (χ2n) is 5.21. The van der Waals surface area contributed by atoms with Crippen LogP contribution in [0.25, 0.3) is 0 Å². The molecule has 1 saturated heterocycles. The van der Waals surface area contributed by atoms with Crippen LogP contribution >= 0.6 is 0 Å². The molecule has 0 radical (unpaired) electrons. The van der Waals surface area contributed by atoms with Gasteiger partial charge in [0.25, 0.3) is 0 Å². The molecule has 1 aliphatic heterocycles. The number of carbonyl (C=O) groups is 2. The maximum absolute atomic E-state index is 11.8. The van der Waals surface area contributed by atoms with E-state index in [-0.39, 0.29) is 19.0 Å². The Labute approximate surface area is 106 Å². The van der Waals surface area contributed by atoms with Crippen molar-refractivity contribution < 1.29 is 19.8 Å². The Hall–Kier alpha value is -1.30. The zero-order valence-corrected chi connectivity index (χ0v) is 10.3. The highest BCUT2D eigenvalue weighted by Gasteiger charge is 2.38. The number of amides is 2. The van der Waals surface area contributed by atoms with Crippen molar-refractivity contribution in [2.75, 3.05) is 13.1 Å². The van der Waals surface area contributed by atoms with E-state index < -0.39 is 18.1 Å². The topological polar surface area (TPSA) is 89.9 Å². The number of β-amino-alcohol motifs (C(OH)–C–C–N with tert-alkyl or cyclic N) is 1. The van der Waals surface area contributed by atoms with Crippen LogP contribution in [0, 0.1) is 5.92 Å². The molecule has 0 aromatic rings. The van der Waals surface area contributed by atoms with Gasteiger partial charge in [-0.1, -0.05) is 12.8 Å². The van der Waals surface area contributed by atoms with Gasteiger partial charge in [0.15, 0.2) is 0 Å². The molecule has 2 fully saturated rings. The standard InChI is InChI=1S/C12H20N2O4/c15-9-6-10(11(16)17)14(7-9)12(18)13-5-1-2-8-3-4-8/h8-10,15H,1-7H2,(H,13,18)(H,16,17)/t9-,10-/m1/s1. The second-order valence-corrected chi connectivity index (χ2v) is 5.21. The zero-order valence-electron chi connectivity index (χ0n) is 10.3. The lowest BCUT2D eigenvalue weighted by Crippen LogP contribution is -2.46. The van der Waals surface area contributed by atoms with Gasteiger partial charge in [0, 0.05) is 19.5 Å². The van der Waals surface area contributed by atoms with Crippen molar-refractivity contribution in [3.05, 3.63) is 0 Å². The maximum Gasteiger partial charge on any atom is 0.326 e. The van der Waals surface area contributed by atoms with Crippen LogP contribution in [-0.2, 0) is 4.79 Å². The molecule has 1 saturated carbocycles. The molecular weight excluding hydrogens is 236 g/mol. The largest absolute Gasteiger partial charge is 0.480 e. The molecule has 2 amide bonds. The average molecular weight is 256 g/mol. The lowest BCUT2D eigenvalue weighted by molar-refractivity contribution is -0.141. The minimum absolute atomic E-state index is 0.103. The van der Waals surface area contributed by atoms with E-state index in [1.165, 1.54) is 17.7 Å². The highest BCUT2D eigenvalue weighted by atomic mass is 16.4. The number of rotatable bonds is 5. The molecule has 0 spiro atoms. The molecule has 102 valence electrons. The molecule has 1 heterocycles. The van der Waals surface area contributed by atoms with Gasteiger partial charge in [-0.25, -0.2) is 9.59 Å². The summed E-state index contributed by atoms with van der Waals surface area (Å²) in [5.41, 5.74) is 0. The fourth-order valence-corrected chi connectivity index (χ4v) is 2.37. The Morgan fingerprint density at radius 2 is 2.06 bits per heavy atom. The summed E-state index contributed by atoms with van der Waals surface area (Å²) in [6.07, 6.45) is 4.05.